The highest BCUT2D eigenvalue weighted by Crippen LogP contribution is 2.40. The maximum absolute atomic E-state index is 13.3. The highest BCUT2D eigenvalue weighted by atomic mass is 16.6. The number of ether oxygens (including phenoxy) is 2. The third-order valence-electron chi connectivity index (χ3n) is 6.46. The zero-order valence-electron chi connectivity index (χ0n) is 20.5. The van der Waals surface area contributed by atoms with Crippen LogP contribution in [0, 0.1) is 0 Å². The monoisotopic (exact) mass is 477 g/mol. The van der Waals surface area contributed by atoms with Gasteiger partial charge in [0.05, 0.1) is 5.56 Å². The number of unbranched alkanes of at least 4 members (excludes halogenated alkanes) is 8. The standard InChI is InChI=1S/C27H35N5O3/c1-2-3-4-5-6-7-8-9-10-12-20-15-17-21(18-16-20)24(33)22-13-11-14-23-25(22)35-27(28,19-34-23)26-29-31-32-30-26/h11,13-18H,2-10,12,19,28H2,1H3,(H,29,30,31,32). The first-order valence-corrected chi connectivity index (χ1v) is 12.7. The van der Waals surface area contributed by atoms with Crippen molar-refractivity contribution in [3.8, 4) is 11.5 Å². The molecule has 2 heterocycles. The Balaban J connectivity index is 1.33. The number of hydrogen-bond donors (Lipinski definition) is 2. The Morgan fingerprint density at radius 3 is 2.40 bits per heavy atom. The second-order valence-corrected chi connectivity index (χ2v) is 9.25. The van der Waals surface area contributed by atoms with E-state index >= 15 is 0 Å². The second kappa shape index (κ2) is 11.9. The van der Waals surface area contributed by atoms with Crippen LogP contribution in [0.1, 0.15) is 92.0 Å². The van der Waals surface area contributed by atoms with Gasteiger partial charge in [-0.3, -0.25) is 10.5 Å². The van der Waals surface area contributed by atoms with E-state index in [1.807, 2.05) is 24.3 Å². The molecule has 0 saturated heterocycles. The molecule has 186 valence electrons. The molecule has 4 rings (SSSR count). The van der Waals surface area contributed by atoms with E-state index in [1.54, 1.807) is 18.2 Å². The predicted molar refractivity (Wildman–Crippen MR) is 133 cm³/mol. The van der Waals surface area contributed by atoms with Crippen LogP contribution in [0.5, 0.6) is 11.5 Å². The number of aryl methyl sites for hydroxylation is 1. The molecular weight excluding hydrogens is 442 g/mol. The molecule has 8 heteroatoms. The molecule has 0 bridgehead atoms. The third-order valence-corrected chi connectivity index (χ3v) is 6.46. The maximum Gasteiger partial charge on any atom is 0.257 e. The van der Waals surface area contributed by atoms with Crippen LogP contribution in [0.3, 0.4) is 0 Å². The van der Waals surface area contributed by atoms with Gasteiger partial charge in [0.2, 0.25) is 5.82 Å². The number of hydrogen-bond acceptors (Lipinski definition) is 7. The van der Waals surface area contributed by atoms with Crippen LogP contribution in [0.15, 0.2) is 42.5 Å². The van der Waals surface area contributed by atoms with Crippen LogP contribution in [-0.2, 0) is 12.1 Å². The summed E-state index contributed by atoms with van der Waals surface area (Å²) in [4.78, 5) is 13.3. The average Bonchev–Trinajstić information content (AvgIpc) is 3.44. The molecule has 1 aliphatic heterocycles. The molecule has 3 aromatic rings. The van der Waals surface area contributed by atoms with Crippen molar-refractivity contribution in [2.45, 2.75) is 76.9 Å². The minimum atomic E-state index is -1.43. The molecule has 0 amide bonds. The quantitative estimate of drug-likeness (QED) is 0.260. The van der Waals surface area contributed by atoms with Crippen molar-refractivity contribution in [1.29, 1.82) is 0 Å². The molecule has 1 aromatic heterocycles. The van der Waals surface area contributed by atoms with Gasteiger partial charge in [-0.25, -0.2) is 0 Å². The summed E-state index contributed by atoms with van der Waals surface area (Å²) in [5, 5.41) is 13.7. The number of tetrazole rings is 1. The van der Waals surface area contributed by atoms with Gasteiger partial charge in [-0.05, 0) is 35.8 Å². The molecular formula is C27H35N5O3. The largest absolute Gasteiger partial charge is 0.483 e. The molecule has 0 aliphatic carbocycles. The lowest BCUT2D eigenvalue weighted by Gasteiger charge is -2.33. The normalized spacial score (nSPS) is 16.9. The van der Waals surface area contributed by atoms with Crippen molar-refractivity contribution in [3.05, 3.63) is 65.0 Å². The van der Waals surface area contributed by atoms with Crippen molar-refractivity contribution in [3.63, 3.8) is 0 Å². The number of H-pyrrole nitrogens is 1. The number of rotatable bonds is 13. The SMILES string of the molecule is CCCCCCCCCCCc1ccc(C(=O)c2cccc3c2OC(N)(c2nn[nH]n2)CO3)cc1. The molecule has 35 heavy (non-hydrogen) atoms. The van der Waals surface area contributed by atoms with Crippen molar-refractivity contribution in [2.24, 2.45) is 5.73 Å². The van der Waals surface area contributed by atoms with Crippen molar-refractivity contribution in [1.82, 2.24) is 20.6 Å². The highest BCUT2D eigenvalue weighted by molar-refractivity contribution is 6.11. The Morgan fingerprint density at radius 1 is 1.00 bits per heavy atom. The van der Waals surface area contributed by atoms with Gasteiger partial charge < -0.3 is 9.47 Å². The van der Waals surface area contributed by atoms with Crippen molar-refractivity contribution in [2.75, 3.05) is 6.61 Å². The number of carbonyl (C=O) groups excluding carboxylic acids is 1. The summed E-state index contributed by atoms with van der Waals surface area (Å²) in [6.45, 7) is 2.26. The fraction of sp³-hybridized carbons (Fsp3) is 0.481. The zero-order chi connectivity index (χ0) is 24.5. The van der Waals surface area contributed by atoms with E-state index < -0.39 is 5.72 Å². The van der Waals surface area contributed by atoms with Crippen LogP contribution in [-0.4, -0.2) is 33.0 Å². The molecule has 1 aliphatic rings. The number of benzene rings is 2. The number of nitrogens with zero attached hydrogens (tertiary/aromatic N) is 3. The van der Waals surface area contributed by atoms with E-state index in [0.717, 1.165) is 6.42 Å². The van der Waals surface area contributed by atoms with E-state index in [1.165, 1.54) is 63.4 Å². The van der Waals surface area contributed by atoms with E-state index in [4.69, 9.17) is 15.2 Å². The summed E-state index contributed by atoms with van der Waals surface area (Å²) >= 11 is 0. The van der Waals surface area contributed by atoms with Crippen LogP contribution >= 0.6 is 0 Å². The molecule has 0 radical (unpaired) electrons. The Hall–Kier alpha value is -3.26. The first kappa shape index (κ1) is 24.9. The van der Waals surface area contributed by atoms with Gasteiger partial charge >= 0.3 is 0 Å². The number of aromatic amines is 1. The molecule has 1 unspecified atom stereocenters. The van der Waals surface area contributed by atoms with Crippen molar-refractivity contribution >= 4 is 5.78 Å². The number of fused-ring (bicyclic) bond motifs is 1. The molecule has 1 atom stereocenters. The summed E-state index contributed by atoms with van der Waals surface area (Å²) in [5.41, 5.74) is 7.11. The number of para-hydroxylation sites is 1. The maximum atomic E-state index is 13.3. The summed E-state index contributed by atoms with van der Waals surface area (Å²) in [6, 6.07) is 13.1. The van der Waals surface area contributed by atoms with Gasteiger partial charge in [0.15, 0.2) is 17.3 Å². The van der Waals surface area contributed by atoms with Crippen LogP contribution < -0.4 is 15.2 Å². The van der Waals surface area contributed by atoms with E-state index in [0.29, 0.717) is 16.9 Å². The van der Waals surface area contributed by atoms with Crippen LogP contribution in [0.4, 0.5) is 0 Å². The van der Waals surface area contributed by atoms with Crippen molar-refractivity contribution < 1.29 is 14.3 Å². The van der Waals surface area contributed by atoms with Gasteiger partial charge in [0.1, 0.15) is 6.61 Å². The lowest BCUT2D eigenvalue weighted by Crippen LogP contribution is -2.51. The minimum absolute atomic E-state index is 0.00469. The number of nitrogens with two attached hydrogens (primary N) is 1. The smallest absolute Gasteiger partial charge is 0.257 e. The summed E-state index contributed by atoms with van der Waals surface area (Å²) in [5.74, 6) is 0.751. The topological polar surface area (TPSA) is 116 Å². The number of aromatic nitrogens is 4. The molecule has 0 spiro atoms. The van der Waals surface area contributed by atoms with Gasteiger partial charge in [0.25, 0.3) is 5.72 Å². The van der Waals surface area contributed by atoms with Gasteiger partial charge in [-0.1, -0.05) is 88.6 Å². The van der Waals surface area contributed by atoms with Gasteiger partial charge in [-0.15, -0.1) is 10.2 Å². The molecule has 2 aromatic carbocycles. The Bertz CT molecular complexity index is 1080. The molecule has 0 fully saturated rings. The lowest BCUT2D eigenvalue weighted by atomic mass is 9.98. The zero-order valence-corrected chi connectivity index (χ0v) is 20.5. The second-order valence-electron chi connectivity index (χ2n) is 9.25. The number of ketones is 1. The Kier molecular flexibility index (Phi) is 8.47. The van der Waals surface area contributed by atoms with Crippen LogP contribution in [0.2, 0.25) is 0 Å². The summed E-state index contributed by atoms with van der Waals surface area (Å²) in [7, 11) is 0. The van der Waals surface area contributed by atoms with E-state index in [-0.39, 0.29) is 24.0 Å². The Labute approximate surface area is 206 Å². The van der Waals surface area contributed by atoms with E-state index in [9.17, 15) is 4.79 Å². The number of nitrogens with one attached hydrogen (secondary N) is 1. The summed E-state index contributed by atoms with van der Waals surface area (Å²) in [6.07, 6.45) is 12.9. The minimum Gasteiger partial charge on any atom is -0.483 e. The average molecular weight is 478 g/mol. The highest BCUT2D eigenvalue weighted by Gasteiger charge is 2.41. The third kappa shape index (κ3) is 6.25. The van der Waals surface area contributed by atoms with E-state index in [2.05, 4.69) is 27.5 Å². The van der Waals surface area contributed by atoms with Gasteiger partial charge in [-0.2, -0.15) is 5.21 Å². The van der Waals surface area contributed by atoms with Gasteiger partial charge in [0, 0.05) is 5.56 Å². The molecule has 3 N–H and O–H groups in total. The summed E-state index contributed by atoms with van der Waals surface area (Å²) < 4.78 is 11.8. The number of carbonyl (C=O) groups is 1. The van der Waals surface area contributed by atoms with Crippen LogP contribution in [0.25, 0.3) is 0 Å². The molecule has 8 nitrogen and oxygen atoms in total. The first-order valence-electron chi connectivity index (χ1n) is 12.7. The predicted octanol–water partition coefficient (Wildman–Crippen LogP) is 5.09. The fourth-order valence-electron chi connectivity index (χ4n) is 4.38. The first-order chi connectivity index (χ1) is 17.1. The fourth-order valence-corrected chi connectivity index (χ4v) is 4.38. The lowest BCUT2D eigenvalue weighted by molar-refractivity contribution is -0.0154. The molecule has 0 saturated carbocycles. The Morgan fingerprint density at radius 2 is 1.71 bits per heavy atom.